The quantitative estimate of drug-likeness (QED) is 0.898. The first kappa shape index (κ1) is 15.1. The van der Waals surface area contributed by atoms with E-state index in [4.69, 9.17) is 28.9 Å². The van der Waals surface area contributed by atoms with E-state index in [-0.39, 0.29) is 27.0 Å². The molecule has 0 saturated heterocycles. The van der Waals surface area contributed by atoms with E-state index in [1.54, 1.807) is 6.07 Å². The molecule has 0 aliphatic heterocycles. The Morgan fingerprint density at radius 2 is 1.63 bits per heavy atom. The van der Waals surface area contributed by atoms with E-state index in [0.717, 1.165) is 25.7 Å². The van der Waals surface area contributed by atoms with Crippen LogP contribution in [0.3, 0.4) is 0 Å². The largest absolute Gasteiger partial charge is 0.328 e. The lowest BCUT2D eigenvalue weighted by molar-refractivity contribution is 0.373. The van der Waals surface area contributed by atoms with E-state index in [9.17, 15) is 8.42 Å². The predicted molar refractivity (Wildman–Crippen MR) is 77.0 cm³/mol. The first-order valence-electron chi connectivity index (χ1n) is 6.12. The monoisotopic (exact) mass is 322 g/mol. The molecular weight excluding hydrogens is 307 g/mol. The summed E-state index contributed by atoms with van der Waals surface area (Å²) in [5.41, 5.74) is 5.80. The van der Waals surface area contributed by atoms with Crippen molar-refractivity contribution in [2.24, 2.45) is 5.73 Å². The summed E-state index contributed by atoms with van der Waals surface area (Å²) in [7, 11) is -3.69. The van der Waals surface area contributed by atoms with Crippen LogP contribution < -0.4 is 10.5 Å². The maximum atomic E-state index is 12.3. The van der Waals surface area contributed by atoms with Crippen molar-refractivity contribution in [2.45, 2.75) is 42.7 Å². The van der Waals surface area contributed by atoms with E-state index in [0.29, 0.717) is 0 Å². The Labute approximate surface area is 123 Å². The summed E-state index contributed by atoms with van der Waals surface area (Å²) >= 11 is 11.9. The van der Waals surface area contributed by atoms with Gasteiger partial charge in [0.2, 0.25) is 10.0 Å². The SMILES string of the molecule is NC1CCC(NS(=O)(=O)c2c(Cl)cccc2Cl)CC1. The minimum absolute atomic E-state index is 0.0480. The van der Waals surface area contributed by atoms with Crippen molar-refractivity contribution in [1.29, 1.82) is 0 Å². The molecule has 4 nitrogen and oxygen atoms in total. The third-order valence-electron chi connectivity index (χ3n) is 3.28. The van der Waals surface area contributed by atoms with E-state index in [1.807, 2.05) is 0 Å². The summed E-state index contributed by atoms with van der Waals surface area (Å²) in [5, 5.41) is 0.264. The fourth-order valence-corrected chi connectivity index (χ4v) is 4.70. The van der Waals surface area contributed by atoms with Gasteiger partial charge in [0, 0.05) is 12.1 Å². The Morgan fingerprint density at radius 1 is 1.11 bits per heavy atom. The topological polar surface area (TPSA) is 72.2 Å². The second-order valence-corrected chi connectivity index (χ2v) is 7.25. The van der Waals surface area contributed by atoms with Gasteiger partial charge in [-0.05, 0) is 37.8 Å². The maximum absolute atomic E-state index is 12.3. The summed E-state index contributed by atoms with van der Waals surface area (Å²) in [6, 6.07) is 4.71. The van der Waals surface area contributed by atoms with Crippen LogP contribution in [0.5, 0.6) is 0 Å². The minimum Gasteiger partial charge on any atom is -0.328 e. The Hall–Kier alpha value is -0.330. The summed E-state index contributed by atoms with van der Waals surface area (Å²) in [5.74, 6) is 0. The van der Waals surface area contributed by atoms with E-state index in [1.165, 1.54) is 12.1 Å². The highest BCUT2D eigenvalue weighted by atomic mass is 35.5. The molecule has 0 spiro atoms. The molecule has 1 fully saturated rings. The van der Waals surface area contributed by atoms with Crippen LogP contribution in [-0.2, 0) is 10.0 Å². The highest BCUT2D eigenvalue weighted by Crippen LogP contribution is 2.29. The standard InChI is InChI=1S/C12H16Cl2N2O2S/c13-10-2-1-3-11(14)12(10)19(17,18)16-9-6-4-8(15)5-7-9/h1-3,8-9,16H,4-7,15H2. The van der Waals surface area contributed by atoms with E-state index >= 15 is 0 Å². The van der Waals surface area contributed by atoms with Gasteiger partial charge in [0.05, 0.1) is 10.0 Å². The number of nitrogens with one attached hydrogen (secondary N) is 1. The average Bonchev–Trinajstić information content (AvgIpc) is 2.31. The molecule has 1 aromatic carbocycles. The molecule has 0 atom stereocenters. The number of sulfonamides is 1. The Kier molecular flexibility index (Phi) is 4.74. The Balaban J connectivity index is 2.19. The van der Waals surface area contributed by atoms with Gasteiger partial charge in [-0.3, -0.25) is 0 Å². The molecule has 1 aliphatic carbocycles. The minimum atomic E-state index is -3.69. The zero-order valence-corrected chi connectivity index (χ0v) is 12.6. The molecule has 106 valence electrons. The lowest BCUT2D eigenvalue weighted by atomic mass is 9.93. The summed E-state index contributed by atoms with van der Waals surface area (Å²) in [4.78, 5) is -0.0480. The van der Waals surface area contributed by atoms with Crippen molar-refractivity contribution in [3.8, 4) is 0 Å². The molecule has 1 aromatic rings. The molecule has 7 heteroatoms. The van der Waals surface area contributed by atoms with Crippen LogP contribution in [0.15, 0.2) is 23.1 Å². The predicted octanol–water partition coefficient (Wildman–Crippen LogP) is 2.54. The van der Waals surface area contributed by atoms with Crippen molar-refractivity contribution < 1.29 is 8.42 Å². The smallest absolute Gasteiger partial charge is 0.243 e. The second kappa shape index (κ2) is 5.97. The van der Waals surface area contributed by atoms with Crippen LogP contribution in [0.25, 0.3) is 0 Å². The van der Waals surface area contributed by atoms with Crippen molar-refractivity contribution in [1.82, 2.24) is 4.72 Å². The summed E-state index contributed by atoms with van der Waals surface area (Å²) in [6.45, 7) is 0. The molecular formula is C12H16Cl2N2O2S. The number of rotatable bonds is 3. The van der Waals surface area contributed by atoms with E-state index in [2.05, 4.69) is 4.72 Å². The molecule has 0 radical (unpaired) electrons. The zero-order valence-electron chi connectivity index (χ0n) is 10.3. The lowest BCUT2D eigenvalue weighted by Gasteiger charge is -2.26. The fraction of sp³-hybridized carbons (Fsp3) is 0.500. The lowest BCUT2D eigenvalue weighted by Crippen LogP contribution is -2.40. The van der Waals surface area contributed by atoms with Gasteiger partial charge < -0.3 is 5.73 Å². The number of hydrogen-bond donors (Lipinski definition) is 2. The van der Waals surface area contributed by atoms with Gasteiger partial charge in [-0.2, -0.15) is 0 Å². The Morgan fingerprint density at radius 3 is 2.16 bits per heavy atom. The summed E-state index contributed by atoms with van der Waals surface area (Å²) in [6.07, 6.45) is 3.12. The molecule has 3 N–H and O–H groups in total. The number of halogens is 2. The number of nitrogens with two attached hydrogens (primary N) is 1. The molecule has 0 heterocycles. The van der Waals surface area contributed by atoms with Gasteiger partial charge in [-0.25, -0.2) is 13.1 Å². The molecule has 0 bridgehead atoms. The second-order valence-electron chi connectivity index (χ2n) is 4.78. The Bertz CT molecular complexity index is 535. The summed E-state index contributed by atoms with van der Waals surface area (Å²) < 4.78 is 27.3. The van der Waals surface area contributed by atoms with Crippen LogP contribution >= 0.6 is 23.2 Å². The van der Waals surface area contributed by atoms with Crippen LogP contribution in [0.4, 0.5) is 0 Å². The van der Waals surface area contributed by atoms with Crippen LogP contribution in [-0.4, -0.2) is 20.5 Å². The number of benzene rings is 1. The molecule has 0 aromatic heterocycles. The molecule has 0 unspecified atom stereocenters. The fourth-order valence-electron chi connectivity index (χ4n) is 2.25. The molecule has 1 aliphatic rings. The van der Waals surface area contributed by atoms with Gasteiger partial charge in [-0.1, -0.05) is 29.3 Å². The van der Waals surface area contributed by atoms with Gasteiger partial charge in [0.25, 0.3) is 0 Å². The van der Waals surface area contributed by atoms with Crippen LogP contribution in [0.2, 0.25) is 10.0 Å². The van der Waals surface area contributed by atoms with Crippen molar-refractivity contribution in [3.63, 3.8) is 0 Å². The number of hydrogen-bond acceptors (Lipinski definition) is 3. The highest BCUT2D eigenvalue weighted by Gasteiger charge is 2.27. The maximum Gasteiger partial charge on any atom is 0.243 e. The van der Waals surface area contributed by atoms with Crippen LogP contribution in [0, 0.1) is 0 Å². The molecule has 1 saturated carbocycles. The van der Waals surface area contributed by atoms with Crippen molar-refractivity contribution >= 4 is 33.2 Å². The van der Waals surface area contributed by atoms with Crippen molar-refractivity contribution in [2.75, 3.05) is 0 Å². The third kappa shape index (κ3) is 3.61. The average molecular weight is 323 g/mol. The third-order valence-corrected chi connectivity index (χ3v) is 5.76. The van der Waals surface area contributed by atoms with Gasteiger partial charge in [0.15, 0.2) is 0 Å². The molecule has 0 amide bonds. The van der Waals surface area contributed by atoms with Gasteiger partial charge >= 0.3 is 0 Å². The van der Waals surface area contributed by atoms with E-state index < -0.39 is 10.0 Å². The van der Waals surface area contributed by atoms with Gasteiger partial charge in [0.1, 0.15) is 4.90 Å². The van der Waals surface area contributed by atoms with Gasteiger partial charge in [-0.15, -0.1) is 0 Å². The van der Waals surface area contributed by atoms with Crippen LogP contribution in [0.1, 0.15) is 25.7 Å². The molecule has 2 rings (SSSR count). The highest BCUT2D eigenvalue weighted by molar-refractivity contribution is 7.89. The zero-order chi connectivity index (χ0) is 14.0. The normalized spacial score (nSPS) is 24.4. The van der Waals surface area contributed by atoms with Crippen molar-refractivity contribution in [3.05, 3.63) is 28.2 Å². The first-order valence-corrected chi connectivity index (χ1v) is 8.36. The first-order chi connectivity index (χ1) is 8.90. The molecule has 19 heavy (non-hydrogen) atoms.